The van der Waals surface area contributed by atoms with Gasteiger partial charge >= 0.3 is 0 Å². The summed E-state index contributed by atoms with van der Waals surface area (Å²) in [5.74, 6) is 0.573. The van der Waals surface area contributed by atoms with Crippen molar-refractivity contribution in [2.24, 2.45) is 0 Å². The second-order valence-electron chi connectivity index (χ2n) is 6.64. The van der Waals surface area contributed by atoms with Crippen LogP contribution in [0.4, 0.5) is 4.39 Å². The summed E-state index contributed by atoms with van der Waals surface area (Å²) in [5.41, 5.74) is 5.00. The van der Waals surface area contributed by atoms with E-state index in [-0.39, 0.29) is 5.82 Å². The number of ether oxygens (including phenoxy) is 1. The van der Waals surface area contributed by atoms with Crippen molar-refractivity contribution in [3.8, 4) is 28.0 Å². The standard InChI is InChI=1S/C25H21FO/c1-3-17-4-6-18(7-5-17)20-10-14-24-21(16-20)11-15-23(25(24)26)19-8-12-22(27-2)13-9-19/h4-16H,3H2,1-2H3. The normalized spacial score (nSPS) is 10.9. The minimum atomic E-state index is -0.189. The maximum atomic E-state index is 15.1. The Morgan fingerprint density at radius 2 is 1.41 bits per heavy atom. The van der Waals surface area contributed by atoms with Crippen LogP contribution in [-0.2, 0) is 6.42 Å². The van der Waals surface area contributed by atoms with Gasteiger partial charge in [0.1, 0.15) is 11.6 Å². The topological polar surface area (TPSA) is 9.23 Å². The van der Waals surface area contributed by atoms with E-state index in [0.29, 0.717) is 10.9 Å². The summed E-state index contributed by atoms with van der Waals surface area (Å²) in [7, 11) is 1.62. The molecule has 0 heterocycles. The van der Waals surface area contributed by atoms with Crippen molar-refractivity contribution in [1.29, 1.82) is 0 Å². The Morgan fingerprint density at radius 1 is 0.741 bits per heavy atom. The third-order valence-corrected chi connectivity index (χ3v) is 5.05. The Kier molecular flexibility index (Phi) is 4.64. The van der Waals surface area contributed by atoms with Gasteiger partial charge < -0.3 is 4.74 Å². The first-order chi connectivity index (χ1) is 13.2. The van der Waals surface area contributed by atoms with Gasteiger partial charge in [-0.05, 0) is 52.3 Å². The summed E-state index contributed by atoms with van der Waals surface area (Å²) in [4.78, 5) is 0. The zero-order valence-electron chi connectivity index (χ0n) is 15.5. The molecule has 27 heavy (non-hydrogen) atoms. The maximum Gasteiger partial charge on any atom is 0.138 e. The first-order valence-corrected chi connectivity index (χ1v) is 9.15. The molecule has 4 aromatic carbocycles. The molecule has 0 atom stereocenters. The zero-order chi connectivity index (χ0) is 18.8. The number of halogens is 1. The zero-order valence-corrected chi connectivity index (χ0v) is 15.5. The fourth-order valence-corrected chi connectivity index (χ4v) is 3.40. The molecule has 0 fully saturated rings. The predicted molar refractivity (Wildman–Crippen MR) is 111 cm³/mol. The van der Waals surface area contributed by atoms with Crippen LogP contribution < -0.4 is 4.74 Å². The van der Waals surface area contributed by atoms with Crippen molar-refractivity contribution in [2.75, 3.05) is 7.11 Å². The highest BCUT2D eigenvalue weighted by Gasteiger charge is 2.10. The maximum absolute atomic E-state index is 15.1. The Hall–Kier alpha value is -3.13. The molecule has 0 N–H and O–H groups in total. The first kappa shape index (κ1) is 17.3. The molecule has 0 aliphatic carbocycles. The largest absolute Gasteiger partial charge is 0.497 e. The molecular weight excluding hydrogens is 335 g/mol. The second-order valence-corrected chi connectivity index (χ2v) is 6.64. The lowest BCUT2D eigenvalue weighted by atomic mass is 9.96. The summed E-state index contributed by atoms with van der Waals surface area (Å²) in [6.07, 6.45) is 1.03. The molecule has 0 amide bonds. The van der Waals surface area contributed by atoms with Crippen molar-refractivity contribution in [1.82, 2.24) is 0 Å². The lowest BCUT2D eigenvalue weighted by Crippen LogP contribution is -1.89. The quantitative estimate of drug-likeness (QED) is 0.387. The van der Waals surface area contributed by atoms with E-state index < -0.39 is 0 Å². The summed E-state index contributed by atoms with van der Waals surface area (Å²) < 4.78 is 20.3. The minimum absolute atomic E-state index is 0.189. The number of benzene rings is 4. The van der Waals surface area contributed by atoms with Crippen LogP contribution in [0.1, 0.15) is 12.5 Å². The second kappa shape index (κ2) is 7.24. The van der Waals surface area contributed by atoms with Crippen molar-refractivity contribution in [3.05, 3.63) is 90.2 Å². The molecule has 4 aromatic rings. The van der Waals surface area contributed by atoms with Crippen LogP contribution in [-0.4, -0.2) is 7.11 Å². The van der Waals surface area contributed by atoms with E-state index >= 15 is 4.39 Å². The van der Waals surface area contributed by atoms with E-state index in [1.54, 1.807) is 7.11 Å². The molecule has 4 rings (SSSR count). The highest BCUT2D eigenvalue weighted by molar-refractivity contribution is 5.91. The summed E-state index contributed by atoms with van der Waals surface area (Å²) >= 11 is 0. The van der Waals surface area contributed by atoms with E-state index in [4.69, 9.17) is 4.74 Å². The average molecular weight is 356 g/mol. The molecule has 0 saturated heterocycles. The molecule has 0 bridgehead atoms. The first-order valence-electron chi connectivity index (χ1n) is 9.15. The van der Waals surface area contributed by atoms with Crippen molar-refractivity contribution in [2.45, 2.75) is 13.3 Å². The van der Waals surface area contributed by atoms with Gasteiger partial charge in [0.05, 0.1) is 7.11 Å². The number of hydrogen-bond acceptors (Lipinski definition) is 1. The Morgan fingerprint density at radius 3 is 2.07 bits per heavy atom. The summed E-state index contributed by atoms with van der Waals surface area (Å²) in [6.45, 7) is 2.15. The highest BCUT2D eigenvalue weighted by Crippen LogP contribution is 2.32. The SMILES string of the molecule is CCc1ccc(-c2ccc3c(F)c(-c4ccc(OC)cc4)ccc3c2)cc1. The van der Waals surface area contributed by atoms with Gasteiger partial charge in [-0.15, -0.1) is 0 Å². The molecule has 0 aromatic heterocycles. The molecule has 1 nitrogen and oxygen atoms in total. The fraction of sp³-hybridized carbons (Fsp3) is 0.120. The monoisotopic (exact) mass is 356 g/mol. The lowest BCUT2D eigenvalue weighted by Gasteiger charge is -2.10. The van der Waals surface area contributed by atoms with E-state index in [0.717, 1.165) is 34.2 Å². The molecule has 134 valence electrons. The van der Waals surface area contributed by atoms with Crippen LogP contribution in [0.2, 0.25) is 0 Å². The molecule has 0 spiro atoms. The third kappa shape index (κ3) is 3.31. The van der Waals surface area contributed by atoms with Gasteiger partial charge in [0.25, 0.3) is 0 Å². The molecule has 0 saturated carbocycles. The Bertz CT molecular complexity index is 1080. The minimum Gasteiger partial charge on any atom is -0.497 e. The van der Waals surface area contributed by atoms with Gasteiger partial charge in [0, 0.05) is 10.9 Å². The van der Waals surface area contributed by atoms with Crippen molar-refractivity contribution in [3.63, 3.8) is 0 Å². The molecule has 2 heteroatoms. The Balaban J connectivity index is 1.75. The smallest absolute Gasteiger partial charge is 0.138 e. The molecule has 0 unspecified atom stereocenters. The van der Waals surface area contributed by atoms with Crippen LogP contribution in [0.25, 0.3) is 33.0 Å². The summed E-state index contributed by atoms with van der Waals surface area (Å²) in [5, 5.41) is 1.54. The predicted octanol–water partition coefficient (Wildman–Crippen LogP) is 6.88. The van der Waals surface area contributed by atoms with Crippen molar-refractivity contribution < 1.29 is 9.13 Å². The van der Waals surface area contributed by atoms with Crippen molar-refractivity contribution >= 4 is 10.8 Å². The molecule has 0 aliphatic heterocycles. The number of aryl methyl sites for hydroxylation is 1. The van der Waals surface area contributed by atoms with Gasteiger partial charge in [-0.25, -0.2) is 4.39 Å². The molecular formula is C25H21FO. The van der Waals surface area contributed by atoms with E-state index in [1.165, 1.54) is 5.56 Å². The van der Waals surface area contributed by atoms with Crippen LogP contribution in [0.5, 0.6) is 5.75 Å². The van der Waals surface area contributed by atoms with E-state index in [2.05, 4.69) is 37.3 Å². The van der Waals surface area contributed by atoms with Gasteiger partial charge in [0.2, 0.25) is 0 Å². The van der Waals surface area contributed by atoms with Crippen LogP contribution in [0.3, 0.4) is 0 Å². The number of hydrogen-bond donors (Lipinski definition) is 0. The third-order valence-electron chi connectivity index (χ3n) is 5.05. The van der Waals surface area contributed by atoms with Gasteiger partial charge in [0.15, 0.2) is 0 Å². The van der Waals surface area contributed by atoms with E-state index in [1.807, 2.05) is 48.5 Å². The average Bonchev–Trinajstić information content (AvgIpc) is 2.74. The van der Waals surface area contributed by atoms with Gasteiger partial charge in [-0.1, -0.05) is 67.6 Å². The fourth-order valence-electron chi connectivity index (χ4n) is 3.40. The number of methoxy groups -OCH3 is 1. The Labute approximate surface area is 159 Å². The molecule has 0 aliphatic rings. The van der Waals surface area contributed by atoms with Crippen LogP contribution >= 0.6 is 0 Å². The highest BCUT2D eigenvalue weighted by atomic mass is 19.1. The van der Waals surface area contributed by atoms with Gasteiger partial charge in [-0.2, -0.15) is 0 Å². The van der Waals surface area contributed by atoms with Gasteiger partial charge in [-0.3, -0.25) is 0 Å². The lowest BCUT2D eigenvalue weighted by molar-refractivity contribution is 0.415. The number of rotatable bonds is 4. The molecule has 0 radical (unpaired) electrons. The number of fused-ring (bicyclic) bond motifs is 1. The summed E-state index contributed by atoms with van der Waals surface area (Å²) in [6, 6.07) is 25.8. The van der Waals surface area contributed by atoms with Crippen LogP contribution in [0, 0.1) is 5.82 Å². The van der Waals surface area contributed by atoms with E-state index in [9.17, 15) is 0 Å². The van der Waals surface area contributed by atoms with Crippen LogP contribution in [0.15, 0.2) is 78.9 Å².